The first-order chi connectivity index (χ1) is 12.1. The van der Waals surface area contributed by atoms with Gasteiger partial charge in [-0.2, -0.15) is 0 Å². The van der Waals surface area contributed by atoms with Crippen LogP contribution in [0, 0.1) is 0 Å². The van der Waals surface area contributed by atoms with Crippen LogP contribution >= 0.6 is 0 Å². The number of carbonyl (C=O) groups is 1. The molecule has 0 aliphatic carbocycles. The zero-order valence-electron chi connectivity index (χ0n) is 13.3. The molecule has 0 spiro atoms. The van der Waals surface area contributed by atoms with Crippen LogP contribution in [-0.2, 0) is 6.54 Å². The largest absolute Gasteiger partial charge is 0.478 e. The zero-order valence-corrected chi connectivity index (χ0v) is 13.3. The predicted octanol–water partition coefficient (Wildman–Crippen LogP) is 2.69. The van der Waals surface area contributed by atoms with Gasteiger partial charge in [-0.1, -0.05) is 43.0 Å². The van der Waals surface area contributed by atoms with E-state index in [1.54, 1.807) is 6.07 Å². The van der Waals surface area contributed by atoms with E-state index in [1.807, 2.05) is 30.3 Å². The molecule has 1 N–H and O–H groups in total. The highest BCUT2D eigenvalue weighted by Crippen LogP contribution is 2.16. The van der Waals surface area contributed by atoms with Crippen LogP contribution in [-0.4, -0.2) is 25.6 Å². The van der Waals surface area contributed by atoms with Gasteiger partial charge in [-0.15, -0.1) is 0 Å². The molecule has 0 fully saturated rings. The fraction of sp³-hybridized carbons (Fsp3) is 0.0526. The summed E-state index contributed by atoms with van der Waals surface area (Å²) in [5, 5.41) is 8.95. The third-order valence-electron chi connectivity index (χ3n) is 3.72. The summed E-state index contributed by atoms with van der Waals surface area (Å²) >= 11 is 0. The summed E-state index contributed by atoms with van der Waals surface area (Å²) in [7, 11) is 0. The maximum atomic E-state index is 12.7. The minimum absolute atomic E-state index is 0.0948. The summed E-state index contributed by atoms with van der Waals surface area (Å²) in [5.41, 5.74) is 1.62. The van der Waals surface area contributed by atoms with Crippen LogP contribution < -0.4 is 5.56 Å². The molecule has 0 unspecified atom stereocenters. The number of aromatic nitrogens is 3. The summed E-state index contributed by atoms with van der Waals surface area (Å²) in [5.74, 6) is -0.531. The Morgan fingerprint density at radius 2 is 1.88 bits per heavy atom. The van der Waals surface area contributed by atoms with E-state index in [2.05, 4.69) is 16.5 Å². The maximum Gasteiger partial charge on any atom is 0.337 e. The van der Waals surface area contributed by atoms with Gasteiger partial charge in [0.1, 0.15) is 5.82 Å². The van der Waals surface area contributed by atoms with Gasteiger partial charge in [0.2, 0.25) is 0 Å². The minimum Gasteiger partial charge on any atom is -0.478 e. The molecule has 0 radical (unpaired) electrons. The lowest BCUT2D eigenvalue weighted by Crippen LogP contribution is -2.26. The average Bonchev–Trinajstić information content (AvgIpc) is 2.64. The van der Waals surface area contributed by atoms with Crippen LogP contribution in [0.2, 0.25) is 0 Å². The molecule has 124 valence electrons. The number of aromatic carboxylic acids is 1. The first-order valence-electron chi connectivity index (χ1n) is 7.56. The van der Waals surface area contributed by atoms with E-state index in [-0.39, 0.29) is 17.7 Å². The molecule has 6 heteroatoms. The average molecular weight is 333 g/mol. The van der Waals surface area contributed by atoms with Crippen LogP contribution in [0.5, 0.6) is 0 Å². The van der Waals surface area contributed by atoms with Crippen molar-refractivity contribution in [3.63, 3.8) is 0 Å². The number of benzene rings is 1. The van der Waals surface area contributed by atoms with E-state index in [4.69, 9.17) is 5.11 Å². The standard InChI is InChI=1S/C19H15N3O3/c1-2-13-10-21-17(14-6-4-3-5-7-14)22(18(13)23)12-16-9-8-15(11-20-16)19(24)25/h2-11H,1,12H2,(H,24,25). The van der Waals surface area contributed by atoms with Crippen LogP contribution in [0.4, 0.5) is 0 Å². The normalized spacial score (nSPS) is 10.4. The molecule has 0 aliphatic heterocycles. The number of hydrogen-bond donors (Lipinski definition) is 1. The molecular weight excluding hydrogens is 318 g/mol. The molecule has 0 amide bonds. The lowest BCUT2D eigenvalue weighted by Gasteiger charge is -2.13. The van der Waals surface area contributed by atoms with E-state index in [1.165, 1.54) is 29.1 Å². The Morgan fingerprint density at radius 1 is 1.12 bits per heavy atom. The van der Waals surface area contributed by atoms with E-state index >= 15 is 0 Å². The molecule has 3 rings (SSSR count). The van der Waals surface area contributed by atoms with Gasteiger partial charge in [0.15, 0.2) is 0 Å². The van der Waals surface area contributed by atoms with Crippen molar-refractivity contribution < 1.29 is 9.90 Å². The first kappa shape index (κ1) is 16.3. The summed E-state index contributed by atoms with van der Waals surface area (Å²) in [6, 6.07) is 12.4. The molecule has 0 saturated heterocycles. The van der Waals surface area contributed by atoms with Crippen LogP contribution in [0.3, 0.4) is 0 Å². The second kappa shape index (κ2) is 6.92. The molecule has 1 aromatic carbocycles. The number of carboxylic acids is 1. The Bertz CT molecular complexity index is 977. The van der Waals surface area contributed by atoms with Crippen molar-refractivity contribution in [3.05, 3.63) is 88.6 Å². The number of nitrogens with zero attached hydrogens (tertiary/aromatic N) is 3. The van der Waals surface area contributed by atoms with Gasteiger partial charge < -0.3 is 5.11 Å². The molecular formula is C19H15N3O3. The number of hydrogen-bond acceptors (Lipinski definition) is 4. The third-order valence-corrected chi connectivity index (χ3v) is 3.72. The summed E-state index contributed by atoms with van der Waals surface area (Å²) < 4.78 is 1.51. The molecule has 2 heterocycles. The van der Waals surface area contributed by atoms with Crippen molar-refractivity contribution in [2.75, 3.05) is 0 Å². The zero-order chi connectivity index (χ0) is 17.8. The van der Waals surface area contributed by atoms with Crippen molar-refractivity contribution in [1.82, 2.24) is 14.5 Å². The Labute approximate surface area is 143 Å². The van der Waals surface area contributed by atoms with E-state index in [9.17, 15) is 9.59 Å². The van der Waals surface area contributed by atoms with Gasteiger partial charge in [-0.25, -0.2) is 9.78 Å². The Hall–Kier alpha value is -3.54. The molecule has 2 aromatic heterocycles. The topological polar surface area (TPSA) is 85.1 Å². The number of carboxylic acid groups (broad SMARTS) is 1. The SMILES string of the molecule is C=Cc1cnc(-c2ccccc2)n(Cc2ccc(C(=O)O)cn2)c1=O. The van der Waals surface area contributed by atoms with E-state index in [0.29, 0.717) is 17.1 Å². The first-order valence-corrected chi connectivity index (χ1v) is 7.56. The quantitative estimate of drug-likeness (QED) is 0.776. The molecule has 25 heavy (non-hydrogen) atoms. The Kier molecular flexibility index (Phi) is 4.52. The highest BCUT2D eigenvalue weighted by atomic mass is 16.4. The van der Waals surface area contributed by atoms with Crippen molar-refractivity contribution in [2.45, 2.75) is 6.54 Å². The lowest BCUT2D eigenvalue weighted by atomic mass is 10.2. The summed E-state index contributed by atoms with van der Waals surface area (Å²) in [6.07, 6.45) is 4.23. The highest BCUT2D eigenvalue weighted by molar-refractivity contribution is 5.87. The molecule has 0 atom stereocenters. The maximum absolute atomic E-state index is 12.7. The summed E-state index contributed by atoms with van der Waals surface area (Å²) in [4.78, 5) is 32.2. The van der Waals surface area contributed by atoms with Crippen LogP contribution in [0.25, 0.3) is 17.5 Å². The van der Waals surface area contributed by atoms with Gasteiger partial charge in [0.25, 0.3) is 5.56 Å². The molecule has 0 saturated carbocycles. The summed E-state index contributed by atoms with van der Waals surface area (Å²) in [6.45, 7) is 3.82. The number of rotatable bonds is 5. The van der Waals surface area contributed by atoms with Gasteiger partial charge in [-0.3, -0.25) is 14.3 Å². The second-order valence-electron chi connectivity index (χ2n) is 5.34. The van der Waals surface area contributed by atoms with Gasteiger partial charge in [0, 0.05) is 18.0 Å². The third kappa shape index (κ3) is 3.37. The van der Waals surface area contributed by atoms with Crippen LogP contribution in [0.15, 0.2) is 66.2 Å². The monoisotopic (exact) mass is 333 g/mol. The van der Waals surface area contributed by atoms with E-state index < -0.39 is 5.97 Å². The van der Waals surface area contributed by atoms with Gasteiger partial charge in [-0.05, 0) is 12.1 Å². The van der Waals surface area contributed by atoms with Crippen molar-refractivity contribution in [2.24, 2.45) is 0 Å². The van der Waals surface area contributed by atoms with Crippen molar-refractivity contribution in [3.8, 4) is 11.4 Å². The second-order valence-corrected chi connectivity index (χ2v) is 5.34. The number of pyridine rings is 1. The van der Waals surface area contributed by atoms with Gasteiger partial charge >= 0.3 is 5.97 Å². The fourth-order valence-corrected chi connectivity index (χ4v) is 2.42. The molecule has 3 aromatic rings. The Balaban J connectivity index is 2.08. The van der Waals surface area contributed by atoms with Gasteiger partial charge in [0.05, 0.1) is 23.4 Å². The molecule has 6 nitrogen and oxygen atoms in total. The minimum atomic E-state index is -1.04. The van der Waals surface area contributed by atoms with Crippen molar-refractivity contribution in [1.29, 1.82) is 0 Å². The molecule has 0 bridgehead atoms. The smallest absolute Gasteiger partial charge is 0.337 e. The van der Waals surface area contributed by atoms with Crippen LogP contribution in [0.1, 0.15) is 21.6 Å². The fourth-order valence-electron chi connectivity index (χ4n) is 2.42. The Morgan fingerprint density at radius 3 is 2.48 bits per heavy atom. The van der Waals surface area contributed by atoms with Crippen molar-refractivity contribution >= 4 is 12.0 Å². The predicted molar refractivity (Wildman–Crippen MR) is 94.3 cm³/mol. The highest BCUT2D eigenvalue weighted by Gasteiger charge is 2.12. The van der Waals surface area contributed by atoms with E-state index in [0.717, 1.165) is 5.56 Å². The molecule has 0 aliphatic rings. The lowest BCUT2D eigenvalue weighted by molar-refractivity contribution is 0.0696.